The van der Waals surface area contributed by atoms with E-state index >= 15 is 0 Å². The number of thiophene rings is 2. The molecule has 5 rings (SSSR count). The molecular weight excluding hydrogens is 589 g/mol. The number of esters is 1. The number of ether oxygens (including phenoxy) is 3. The Kier molecular flexibility index (Phi) is 8.29. The molecule has 4 unspecified atom stereocenters. The van der Waals surface area contributed by atoms with E-state index in [9.17, 15) is 9.59 Å². The molecule has 0 aliphatic carbocycles. The minimum atomic E-state index is -2.42. The van der Waals surface area contributed by atoms with E-state index in [0.29, 0.717) is 6.54 Å². The number of nitrogens with one attached hydrogen (secondary N) is 1. The fourth-order valence-electron chi connectivity index (χ4n) is 6.39. The van der Waals surface area contributed by atoms with Crippen LogP contribution in [0.25, 0.3) is 0 Å². The molecule has 4 atom stereocenters. The number of carbonyl (C=O) groups is 2. The Bertz CT molecular complexity index is 1220. The minimum absolute atomic E-state index is 0.0950. The zero-order chi connectivity index (χ0) is 30.7. The third-order valence-corrected chi connectivity index (χ3v) is 16.0. The molecule has 2 bridgehead atoms. The normalized spacial score (nSPS) is 29.1. The number of likely N-dealkylation sites (N-methyl/N-ethyl adjacent to an activating group) is 1. The quantitative estimate of drug-likeness (QED) is 0.151. The Morgan fingerprint density at radius 1 is 1.00 bits per heavy atom. The van der Waals surface area contributed by atoms with Crippen LogP contribution in [0.15, 0.2) is 35.0 Å². The van der Waals surface area contributed by atoms with Crippen molar-refractivity contribution in [3.63, 3.8) is 0 Å². The number of epoxide rings is 1. The van der Waals surface area contributed by atoms with Crippen LogP contribution in [0.3, 0.4) is 0 Å². The summed E-state index contributed by atoms with van der Waals surface area (Å²) in [6, 6.07) is 8.35. The first-order valence-corrected chi connectivity index (χ1v) is 19.6. The molecule has 1 N–H and O–H groups in total. The van der Waals surface area contributed by atoms with Crippen LogP contribution >= 0.6 is 22.7 Å². The molecule has 3 fully saturated rings. The smallest absolute Gasteiger partial charge is 0.407 e. The molecule has 2 aromatic heterocycles. The number of rotatable bonds is 9. The molecule has 42 heavy (non-hydrogen) atoms. The number of quaternary nitrogens is 1. The Hall–Kier alpha value is -1.76. The Morgan fingerprint density at radius 3 is 2.00 bits per heavy atom. The van der Waals surface area contributed by atoms with Crippen LogP contribution in [-0.2, 0) is 29.0 Å². The average Bonchev–Trinajstić information content (AvgIpc) is 3.19. The van der Waals surface area contributed by atoms with Crippen molar-refractivity contribution in [3.8, 4) is 0 Å². The third-order valence-electron chi connectivity index (χ3n) is 9.62. The number of amides is 1. The Morgan fingerprint density at radius 2 is 1.55 bits per heavy atom. The molecule has 3 aliphatic rings. The first kappa shape index (κ1) is 31.7. The second-order valence-corrected chi connectivity index (χ2v) is 21.3. The number of carbonyl (C=O) groups excluding carboxylic acids is 2. The van der Waals surface area contributed by atoms with Crippen molar-refractivity contribution < 1.29 is 32.7 Å². The maximum atomic E-state index is 14.6. The van der Waals surface area contributed by atoms with E-state index in [4.69, 9.17) is 18.6 Å². The van der Waals surface area contributed by atoms with E-state index in [-0.39, 0.29) is 41.4 Å². The molecule has 1 amide bonds. The van der Waals surface area contributed by atoms with Crippen LogP contribution in [0.2, 0.25) is 18.1 Å². The molecule has 0 spiro atoms. The minimum Gasteiger partial charge on any atom is -0.459 e. The van der Waals surface area contributed by atoms with Gasteiger partial charge >= 0.3 is 12.1 Å². The first-order chi connectivity index (χ1) is 19.5. The van der Waals surface area contributed by atoms with Crippen molar-refractivity contribution in [2.45, 2.75) is 114 Å². The summed E-state index contributed by atoms with van der Waals surface area (Å²) in [7, 11) is -0.166. The van der Waals surface area contributed by atoms with Gasteiger partial charge in [-0.15, -0.1) is 22.7 Å². The van der Waals surface area contributed by atoms with Gasteiger partial charge in [-0.1, -0.05) is 32.9 Å². The summed E-state index contributed by atoms with van der Waals surface area (Å²) in [6.07, 6.45) is 1.17. The molecule has 3 saturated heterocycles. The van der Waals surface area contributed by atoms with E-state index in [0.717, 1.165) is 33.6 Å². The van der Waals surface area contributed by atoms with Gasteiger partial charge in [0.15, 0.2) is 8.32 Å². The zero-order valence-corrected chi connectivity index (χ0v) is 29.0. The number of piperidine rings is 1. The fourth-order valence-corrected chi connectivity index (χ4v) is 9.70. The lowest BCUT2D eigenvalue weighted by atomic mass is 9.94. The summed E-state index contributed by atoms with van der Waals surface area (Å²) in [5.41, 5.74) is -1.83. The summed E-state index contributed by atoms with van der Waals surface area (Å²) >= 11 is 3.08. The SMILES string of the molecule is CC(C)(C)OC(=O)NCC[N+]1(C)C2CC(OC(=O)C(O[Si](C)(C)C(C)(C)C)(c3cccs3)c3cccs3)CC1C1OC12. The lowest BCUT2D eigenvalue weighted by Crippen LogP contribution is -2.64. The predicted molar refractivity (Wildman–Crippen MR) is 168 cm³/mol. The van der Waals surface area contributed by atoms with E-state index in [2.05, 4.69) is 46.2 Å². The highest BCUT2D eigenvalue weighted by Crippen LogP contribution is 2.53. The summed E-state index contributed by atoms with van der Waals surface area (Å²) < 4.78 is 26.0. The first-order valence-electron chi connectivity index (χ1n) is 14.9. The number of fused-ring (bicyclic) bond motifs is 5. The summed E-state index contributed by atoms with van der Waals surface area (Å²) in [5.74, 6) is -0.320. The van der Waals surface area contributed by atoms with Gasteiger partial charge in [0.05, 0.1) is 29.9 Å². The number of alkyl carbamates (subject to hydrolysis) is 1. The molecule has 11 heteroatoms. The van der Waals surface area contributed by atoms with Crippen LogP contribution in [0.1, 0.15) is 64.1 Å². The van der Waals surface area contributed by atoms with Gasteiger partial charge in [-0.25, -0.2) is 9.59 Å². The van der Waals surface area contributed by atoms with E-state index in [1.165, 1.54) is 0 Å². The van der Waals surface area contributed by atoms with Gasteiger partial charge in [-0.3, -0.25) is 0 Å². The van der Waals surface area contributed by atoms with Gasteiger partial charge in [-0.2, -0.15) is 0 Å². The number of hydrogen-bond donors (Lipinski definition) is 1. The molecule has 3 aliphatic heterocycles. The molecule has 232 valence electrons. The van der Waals surface area contributed by atoms with Crippen LogP contribution in [0, 0.1) is 0 Å². The van der Waals surface area contributed by atoms with Crippen molar-refractivity contribution in [1.82, 2.24) is 5.32 Å². The maximum absolute atomic E-state index is 14.6. The van der Waals surface area contributed by atoms with Crippen molar-refractivity contribution in [2.24, 2.45) is 0 Å². The van der Waals surface area contributed by atoms with Gasteiger partial charge < -0.3 is 28.4 Å². The highest BCUT2D eigenvalue weighted by molar-refractivity contribution is 7.12. The highest BCUT2D eigenvalue weighted by atomic mass is 32.1. The van der Waals surface area contributed by atoms with Crippen molar-refractivity contribution in [3.05, 3.63) is 44.8 Å². The third kappa shape index (κ3) is 5.85. The fraction of sp³-hybridized carbons (Fsp3) is 0.677. The van der Waals surface area contributed by atoms with E-state index in [1.807, 2.05) is 55.8 Å². The Balaban J connectivity index is 1.35. The van der Waals surface area contributed by atoms with Crippen LogP contribution < -0.4 is 5.32 Å². The number of hydrogen-bond acceptors (Lipinski definition) is 8. The second-order valence-electron chi connectivity index (χ2n) is 14.7. The van der Waals surface area contributed by atoms with Gasteiger partial charge in [0.25, 0.3) is 0 Å². The van der Waals surface area contributed by atoms with Crippen molar-refractivity contribution >= 4 is 43.1 Å². The van der Waals surface area contributed by atoms with E-state index < -0.39 is 25.6 Å². The summed E-state index contributed by atoms with van der Waals surface area (Å²) in [6.45, 7) is 17.8. The standard InChI is InChI=1S/C31H46N2O6S2Si/c1-29(2,3)38-28(35)32-14-15-33(7)21-18-20(19-22(33)26-25(21)37-26)36-27(34)31(23-12-10-16-40-23,24-13-11-17-41-24)39-42(8,9)30(4,5)6/h10-13,16-17,20-22,25-26H,14-15,18-19H2,1-9H3/p+1. The van der Waals surface area contributed by atoms with Crippen LogP contribution in [0.5, 0.6) is 0 Å². The summed E-state index contributed by atoms with van der Waals surface area (Å²) in [5, 5.41) is 6.83. The molecular formula is C31H47N2O6S2Si+. The molecule has 8 nitrogen and oxygen atoms in total. The predicted octanol–water partition coefficient (Wildman–Crippen LogP) is 6.27. The van der Waals surface area contributed by atoms with Gasteiger partial charge in [-0.05, 0) is 61.8 Å². The molecule has 0 radical (unpaired) electrons. The van der Waals surface area contributed by atoms with Crippen LogP contribution in [0.4, 0.5) is 4.79 Å². The molecule has 0 saturated carbocycles. The molecule has 2 aromatic rings. The van der Waals surface area contributed by atoms with Crippen molar-refractivity contribution in [2.75, 3.05) is 20.1 Å². The van der Waals surface area contributed by atoms with Gasteiger partial charge in [0, 0.05) is 12.8 Å². The second kappa shape index (κ2) is 11.0. The van der Waals surface area contributed by atoms with Crippen LogP contribution in [-0.4, -0.2) is 81.0 Å². The highest BCUT2D eigenvalue weighted by Gasteiger charge is 2.72. The van der Waals surface area contributed by atoms with Crippen molar-refractivity contribution in [1.29, 1.82) is 0 Å². The Labute approximate surface area is 259 Å². The number of morpholine rings is 1. The molecule has 5 heterocycles. The maximum Gasteiger partial charge on any atom is 0.407 e. The van der Waals surface area contributed by atoms with Gasteiger partial charge in [0.2, 0.25) is 5.60 Å². The largest absolute Gasteiger partial charge is 0.459 e. The lowest BCUT2D eigenvalue weighted by Gasteiger charge is -2.49. The average molecular weight is 636 g/mol. The zero-order valence-electron chi connectivity index (χ0n) is 26.4. The number of nitrogens with zero attached hydrogens (tertiary/aromatic N) is 1. The monoisotopic (exact) mass is 635 g/mol. The van der Waals surface area contributed by atoms with Gasteiger partial charge in [0.1, 0.15) is 36.0 Å². The summed E-state index contributed by atoms with van der Waals surface area (Å²) in [4.78, 5) is 28.5. The topological polar surface area (TPSA) is 86.4 Å². The molecule has 0 aromatic carbocycles. The van der Waals surface area contributed by atoms with E-state index in [1.54, 1.807) is 22.7 Å². The lowest BCUT2D eigenvalue weighted by molar-refractivity contribution is -0.955.